The Balaban J connectivity index is 1.62. The molecule has 0 fully saturated rings. The third kappa shape index (κ3) is 4.00. The molecule has 0 amide bonds. The van der Waals surface area contributed by atoms with Gasteiger partial charge in [-0.05, 0) is 42.3 Å². The van der Waals surface area contributed by atoms with Gasteiger partial charge >= 0.3 is 5.97 Å². The van der Waals surface area contributed by atoms with E-state index in [2.05, 4.69) is 9.97 Å². The van der Waals surface area contributed by atoms with E-state index in [9.17, 15) is 9.59 Å². The largest absolute Gasteiger partial charge is 0.478 e. The van der Waals surface area contributed by atoms with Crippen LogP contribution in [0.5, 0.6) is 0 Å². The zero-order valence-electron chi connectivity index (χ0n) is 16.2. The fourth-order valence-corrected chi connectivity index (χ4v) is 3.21. The molecule has 146 valence electrons. The Bertz CT molecular complexity index is 1230. The number of nitrogens with zero attached hydrogens (tertiary/aromatic N) is 2. The highest BCUT2D eigenvalue weighted by atomic mass is 16.4. The summed E-state index contributed by atoms with van der Waals surface area (Å²) < 4.78 is 0. The second-order valence-corrected chi connectivity index (χ2v) is 6.89. The summed E-state index contributed by atoms with van der Waals surface area (Å²) in [6.45, 7) is 1.56. The van der Waals surface area contributed by atoms with Crippen molar-refractivity contribution in [1.29, 1.82) is 0 Å². The smallest absolute Gasteiger partial charge is 0.335 e. The lowest BCUT2D eigenvalue weighted by Crippen LogP contribution is -1.95. The first-order chi connectivity index (χ1) is 14.5. The van der Waals surface area contributed by atoms with Crippen molar-refractivity contribution in [3.63, 3.8) is 0 Å². The Hall–Kier alpha value is -4.12. The minimum absolute atomic E-state index is 0.0402. The molecule has 0 saturated carbocycles. The Morgan fingerprint density at radius 2 is 1.23 bits per heavy atom. The summed E-state index contributed by atoms with van der Waals surface area (Å²) in [7, 11) is 0. The van der Waals surface area contributed by atoms with Crippen molar-refractivity contribution in [3.05, 3.63) is 96.3 Å². The van der Waals surface area contributed by atoms with Crippen molar-refractivity contribution in [2.45, 2.75) is 6.92 Å². The van der Waals surface area contributed by atoms with Crippen LogP contribution < -0.4 is 0 Å². The third-order valence-corrected chi connectivity index (χ3v) is 4.88. The van der Waals surface area contributed by atoms with Crippen LogP contribution in [0.3, 0.4) is 0 Å². The second kappa shape index (κ2) is 8.09. The van der Waals surface area contributed by atoms with Crippen LogP contribution >= 0.6 is 0 Å². The predicted octanol–water partition coefficient (Wildman–Crippen LogP) is 5.38. The van der Waals surface area contributed by atoms with E-state index in [0.29, 0.717) is 5.56 Å². The molecule has 3 aromatic carbocycles. The van der Waals surface area contributed by atoms with Gasteiger partial charge in [-0.2, -0.15) is 0 Å². The van der Waals surface area contributed by atoms with Gasteiger partial charge in [-0.25, -0.2) is 14.8 Å². The molecule has 0 aliphatic carbocycles. The van der Waals surface area contributed by atoms with Crippen LogP contribution in [0.15, 0.2) is 85.2 Å². The molecule has 1 heterocycles. The van der Waals surface area contributed by atoms with Crippen LogP contribution in [0.25, 0.3) is 33.6 Å². The minimum atomic E-state index is -0.959. The number of hydrogen-bond acceptors (Lipinski definition) is 4. The average Bonchev–Trinajstić information content (AvgIpc) is 2.79. The molecular weight excluding hydrogens is 376 g/mol. The van der Waals surface area contributed by atoms with Gasteiger partial charge in [-0.15, -0.1) is 0 Å². The fourth-order valence-electron chi connectivity index (χ4n) is 3.21. The van der Waals surface area contributed by atoms with Gasteiger partial charge in [0.25, 0.3) is 0 Å². The summed E-state index contributed by atoms with van der Waals surface area (Å²) in [5.74, 6) is -0.919. The van der Waals surface area contributed by atoms with Crippen LogP contribution in [-0.4, -0.2) is 26.8 Å². The van der Waals surface area contributed by atoms with E-state index in [-0.39, 0.29) is 11.3 Å². The van der Waals surface area contributed by atoms with Crippen molar-refractivity contribution in [2.24, 2.45) is 0 Å². The molecule has 5 nitrogen and oxygen atoms in total. The Labute approximate surface area is 173 Å². The number of carboxylic acids is 1. The van der Waals surface area contributed by atoms with Gasteiger partial charge in [0.05, 0.1) is 17.0 Å². The highest BCUT2D eigenvalue weighted by molar-refractivity contribution is 5.95. The van der Waals surface area contributed by atoms with Crippen LogP contribution in [0.2, 0.25) is 0 Å². The molecule has 0 saturated heterocycles. The van der Waals surface area contributed by atoms with Gasteiger partial charge < -0.3 is 5.11 Å². The zero-order chi connectivity index (χ0) is 21.1. The monoisotopic (exact) mass is 394 g/mol. The van der Waals surface area contributed by atoms with Gasteiger partial charge in [0, 0.05) is 16.7 Å². The van der Waals surface area contributed by atoms with Crippen LogP contribution in [0, 0.1) is 0 Å². The maximum Gasteiger partial charge on any atom is 0.335 e. The molecule has 0 spiro atoms. The topological polar surface area (TPSA) is 80.2 Å². The van der Waals surface area contributed by atoms with Crippen molar-refractivity contribution >= 4 is 11.8 Å². The fraction of sp³-hybridized carbons (Fsp3) is 0.0400. The van der Waals surface area contributed by atoms with Gasteiger partial charge in [-0.1, -0.05) is 54.6 Å². The van der Waals surface area contributed by atoms with Crippen molar-refractivity contribution < 1.29 is 14.7 Å². The molecule has 0 radical (unpaired) electrons. The van der Waals surface area contributed by atoms with E-state index < -0.39 is 5.97 Å². The van der Waals surface area contributed by atoms with E-state index >= 15 is 0 Å². The molecule has 4 aromatic rings. The lowest BCUT2D eigenvalue weighted by atomic mass is 9.99. The SMILES string of the molecule is CC(=O)c1cccc(-c2ccc(-c3cc(-c4ccc(C(=O)O)cc4)ncn3)cc2)c1. The number of carbonyl (C=O) groups excluding carboxylic acids is 1. The standard InChI is InChI=1S/C25H18N2O3/c1-16(28)21-3-2-4-22(13-21)17-5-7-18(8-6-17)23-14-24(27-15-26-23)19-9-11-20(12-10-19)25(29)30/h2-15H,1H3,(H,29,30). The zero-order valence-corrected chi connectivity index (χ0v) is 16.2. The summed E-state index contributed by atoms with van der Waals surface area (Å²) in [5, 5.41) is 9.04. The molecule has 0 aliphatic rings. The van der Waals surface area contributed by atoms with E-state index in [1.807, 2.05) is 54.6 Å². The number of hydrogen-bond donors (Lipinski definition) is 1. The number of Topliss-reactive ketones (excluding diaryl/α,β-unsaturated/α-hetero) is 1. The highest BCUT2D eigenvalue weighted by Crippen LogP contribution is 2.27. The number of carbonyl (C=O) groups is 2. The molecule has 0 unspecified atom stereocenters. The molecule has 0 atom stereocenters. The summed E-state index contributed by atoms with van der Waals surface area (Å²) in [5.41, 5.74) is 6.16. The molecular formula is C25H18N2O3. The first-order valence-corrected chi connectivity index (χ1v) is 9.39. The molecule has 4 rings (SSSR count). The van der Waals surface area contributed by atoms with Gasteiger partial charge in [0.2, 0.25) is 0 Å². The maximum atomic E-state index is 11.6. The van der Waals surface area contributed by atoms with Gasteiger partial charge in [-0.3, -0.25) is 4.79 Å². The van der Waals surface area contributed by atoms with E-state index in [0.717, 1.165) is 33.6 Å². The molecule has 5 heteroatoms. The molecule has 0 aliphatic heterocycles. The van der Waals surface area contributed by atoms with E-state index in [4.69, 9.17) is 5.11 Å². The van der Waals surface area contributed by atoms with Crippen molar-refractivity contribution in [2.75, 3.05) is 0 Å². The average molecular weight is 394 g/mol. The number of benzene rings is 3. The summed E-state index contributed by atoms with van der Waals surface area (Å²) in [6, 6.07) is 24.0. The Morgan fingerprint density at radius 3 is 1.80 bits per heavy atom. The first-order valence-electron chi connectivity index (χ1n) is 9.39. The quantitative estimate of drug-likeness (QED) is 0.460. The van der Waals surface area contributed by atoms with Crippen LogP contribution in [0.1, 0.15) is 27.6 Å². The number of aromatic carboxylic acids is 1. The summed E-state index contributed by atoms with van der Waals surface area (Å²) >= 11 is 0. The number of aromatic nitrogens is 2. The van der Waals surface area contributed by atoms with Gasteiger partial charge in [0.15, 0.2) is 5.78 Å². The highest BCUT2D eigenvalue weighted by Gasteiger charge is 2.08. The van der Waals surface area contributed by atoms with E-state index in [1.165, 1.54) is 6.33 Å². The lowest BCUT2D eigenvalue weighted by molar-refractivity contribution is 0.0696. The Kier molecular flexibility index (Phi) is 5.18. The van der Waals surface area contributed by atoms with Crippen molar-refractivity contribution in [1.82, 2.24) is 9.97 Å². The van der Waals surface area contributed by atoms with E-state index in [1.54, 1.807) is 31.2 Å². The summed E-state index contributed by atoms with van der Waals surface area (Å²) in [6.07, 6.45) is 1.50. The number of carboxylic acid groups (broad SMARTS) is 1. The van der Waals surface area contributed by atoms with Crippen molar-refractivity contribution in [3.8, 4) is 33.6 Å². The van der Waals surface area contributed by atoms with Crippen LogP contribution in [-0.2, 0) is 0 Å². The molecule has 1 aromatic heterocycles. The summed E-state index contributed by atoms with van der Waals surface area (Å²) in [4.78, 5) is 31.3. The Morgan fingerprint density at radius 1 is 0.667 bits per heavy atom. The minimum Gasteiger partial charge on any atom is -0.478 e. The molecule has 0 bridgehead atoms. The molecule has 30 heavy (non-hydrogen) atoms. The van der Waals surface area contributed by atoms with Crippen LogP contribution in [0.4, 0.5) is 0 Å². The maximum absolute atomic E-state index is 11.6. The molecule has 1 N–H and O–H groups in total. The third-order valence-electron chi connectivity index (χ3n) is 4.88. The first kappa shape index (κ1) is 19.2. The number of rotatable bonds is 5. The second-order valence-electron chi connectivity index (χ2n) is 6.89. The van der Waals surface area contributed by atoms with Gasteiger partial charge in [0.1, 0.15) is 6.33 Å². The predicted molar refractivity (Wildman–Crippen MR) is 115 cm³/mol. The number of ketones is 1. The lowest BCUT2D eigenvalue weighted by Gasteiger charge is -2.07. The normalized spacial score (nSPS) is 10.6.